The highest BCUT2D eigenvalue weighted by Gasteiger charge is 1.92. The van der Waals surface area contributed by atoms with Crippen molar-refractivity contribution >= 4 is 5.78 Å². The third-order valence-corrected chi connectivity index (χ3v) is 2.34. The summed E-state index contributed by atoms with van der Waals surface area (Å²) in [5, 5.41) is 0. The first-order valence-electron chi connectivity index (χ1n) is 5.82. The van der Waals surface area contributed by atoms with Gasteiger partial charge in [-0.1, -0.05) is 36.5 Å². The molecule has 0 unspecified atom stereocenters. The van der Waals surface area contributed by atoms with E-state index in [9.17, 15) is 4.79 Å². The van der Waals surface area contributed by atoms with Crippen molar-refractivity contribution in [1.82, 2.24) is 0 Å². The maximum absolute atomic E-state index is 10.7. The fraction of sp³-hybridized carbons (Fsp3) is 0.400. The van der Waals surface area contributed by atoms with Gasteiger partial charge in [-0.15, -0.1) is 0 Å². The van der Waals surface area contributed by atoms with Gasteiger partial charge in [0.1, 0.15) is 5.78 Å². The second kappa shape index (κ2) is 7.70. The molecule has 0 aliphatic heterocycles. The van der Waals surface area contributed by atoms with Crippen LogP contribution in [0, 0.1) is 11.8 Å². The molecule has 0 spiro atoms. The van der Waals surface area contributed by atoms with Gasteiger partial charge in [0.2, 0.25) is 0 Å². The van der Waals surface area contributed by atoms with E-state index in [4.69, 9.17) is 0 Å². The summed E-state index contributed by atoms with van der Waals surface area (Å²) in [6.45, 7) is 1.65. The Balaban J connectivity index is 2.12. The van der Waals surface area contributed by atoms with Gasteiger partial charge in [0, 0.05) is 18.4 Å². The van der Waals surface area contributed by atoms with Gasteiger partial charge >= 0.3 is 0 Å². The van der Waals surface area contributed by atoms with Gasteiger partial charge < -0.3 is 4.79 Å². The molecule has 1 nitrogen and oxygen atoms in total. The Bertz CT molecular complexity index is 367. The molecule has 1 aromatic rings. The number of hydrogen-bond acceptors (Lipinski definition) is 1. The van der Waals surface area contributed by atoms with Crippen LogP contribution < -0.4 is 0 Å². The van der Waals surface area contributed by atoms with E-state index in [0.717, 1.165) is 31.2 Å². The van der Waals surface area contributed by atoms with Crippen molar-refractivity contribution in [3.63, 3.8) is 0 Å². The number of Topliss-reactive ketones (excluding diaryl/α,β-unsaturated/α-hetero) is 1. The maximum atomic E-state index is 10.7. The number of benzene rings is 1. The zero-order chi connectivity index (χ0) is 11.6. The number of carbonyl (C=O) groups excluding carboxylic acids is 1. The molecular formula is C15H18O. The molecule has 0 fully saturated rings. The van der Waals surface area contributed by atoms with Crippen LogP contribution in [-0.2, 0) is 4.79 Å². The Kier molecular flexibility index (Phi) is 6.03. The first-order chi connectivity index (χ1) is 7.79. The number of ketones is 1. The Morgan fingerprint density at radius 2 is 1.88 bits per heavy atom. The molecule has 0 heterocycles. The Morgan fingerprint density at radius 3 is 2.56 bits per heavy atom. The largest absolute Gasteiger partial charge is 0.300 e. The Hall–Kier alpha value is -1.55. The molecule has 1 heteroatoms. The van der Waals surface area contributed by atoms with Gasteiger partial charge in [-0.2, -0.15) is 0 Å². The summed E-state index contributed by atoms with van der Waals surface area (Å²) in [4.78, 5) is 10.7. The molecule has 84 valence electrons. The van der Waals surface area contributed by atoms with Gasteiger partial charge in [0.05, 0.1) is 0 Å². The van der Waals surface area contributed by atoms with E-state index in [1.807, 2.05) is 30.3 Å². The third-order valence-electron chi connectivity index (χ3n) is 2.34. The predicted octanol–water partition coefficient (Wildman–Crippen LogP) is 3.58. The van der Waals surface area contributed by atoms with Crippen LogP contribution in [0.5, 0.6) is 0 Å². The molecule has 0 radical (unpaired) electrons. The van der Waals surface area contributed by atoms with Crippen LogP contribution in [-0.4, -0.2) is 5.78 Å². The smallest absolute Gasteiger partial charge is 0.129 e. The molecular weight excluding hydrogens is 196 g/mol. The van der Waals surface area contributed by atoms with Gasteiger partial charge in [0.15, 0.2) is 0 Å². The molecule has 0 saturated heterocycles. The van der Waals surface area contributed by atoms with Crippen molar-refractivity contribution in [2.45, 2.75) is 39.0 Å². The minimum Gasteiger partial charge on any atom is -0.300 e. The quantitative estimate of drug-likeness (QED) is 0.541. The van der Waals surface area contributed by atoms with Gasteiger partial charge in [0.25, 0.3) is 0 Å². The molecule has 0 aromatic heterocycles. The lowest BCUT2D eigenvalue weighted by Crippen LogP contribution is -1.88. The van der Waals surface area contributed by atoms with Crippen LogP contribution in [0.4, 0.5) is 0 Å². The zero-order valence-electron chi connectivity index (χ0n) is 9.83. The van der Waals surface area contributed by atoms with Crippen molar-refractivity contribution in [3.8, 4) is 11.8 Å². The third kappa shape index (κ3) is 6.03. The number of rotatable bonds is 5. The summed E-state index contributed by atoms with van der Waals surface area (Å²) in [6, 6.07) is 10.0. The van der Waals surface area contributed by atoms with Crippen molar-refractivity contribution < 1.29 is 4.79 Å². The minimum atomic E-state index is 0.287. The normalized spacial score (nSPS) is 9.31. The highest BCUT2D eigenvalue weighted by atomic mass is 16.1. The average molecular weight is 214 g/mol. The SMILES string of the molecule is CC(=O)CCCCCC#Cc1ccccc1. The standard InChI is InChI=1S/C15H18O/c1-14(16)10-6-3-2-4-7-11-15-12-8-5-9-13-15/h5,8-9,12-13H,2-4,6,10H2,1H3. The van der Waals surface area contributed by atoms with E-state index >= 15 is 0 Å². The molecule has 0 atom stereocenters. The Labute approximate surface area is 97.9 Å². The number of carbonyl (C=O) groups is 1. The summed E-state index contributed by atoms with van der Waals surface area (Å²) in [6.07, 6.45) is 4.83. The molecule has 0 aliphatic carbocycles. The second-order valence-corrected chi connectivity index (χ2v) is 3.93. The average Bonchev–Trinajstić information content (AvgIpc) is 2.29. The lowest BCUT2D eigenvalue weighted by atomic mass is 10.1. The lowest BCUT2D eigenvalue weighted by Gasteiger charge is -1.94. The molecule has 1 aromatic carbocycles. The molecule has 0 saturated carbocycles. The first kappa shape index (κ1) is 12.5. The maximum Gasteiger partial charge on any atom is 0.129 e. The summed E-state index contributed by atoms with van der Waals surface area (Å²) in [5.74, 6) is 6.57. The molecule has 0 aliphatic rings. The van der Waals surface area contributed by atoms with Crippen molar-refractivity contribution in [1.29, 1.82) is 0 Å². The van der Waals surface area contributed by atoms with E-state index < -0.39 is 0 Å². The topological polar surface area (TPSA) is 17.1 Å². The van der Waals surface area contributed by atoms with Crippen molar-refractivity contribution in [2.24, 2.45) is 0 Å². The lowest BCUT2D eigenvalue weighted by molar-refractivity contribution is -0.117. The molecule has 16 heavy (non-hydrogen) atoms. The van der Waals surface area contributed by atoms with Crippen LogP contribution in [0.25, 0.3) is 0 Å². The van der Waals surface area contributed by atoms with E-state index in [-0.39, 0.29) is 5.78 Å². The number of unbranched alkanes of at least 4 members (excludes halogenated alkanes) is 3. The molecule has 0 amide bonds. The summed E-state index contributed by atoms with van der Waals surface area (Å²) in [7, 11) is 0. The fourth-order valence-corrected chi connectivity index (χ4v) is 1.45. The van der Waals surface area contributed by atoms with Gasteiger partial charge in [-0.3, -0.25) is 0 Å². The summed E-state index contributed by atoms with van der Waals surface area (Å²) < 4.78 is 0. The zero-order valence-corrected chi connectivity index (χ0v) is 9.83. The van der Waals surface area contributed by atoms with Gasteiger partial charge in [-0.05, 0) is 31.9 Å². The Morgan fingerprint density at radius 1 is 1.12 bits per heavy atom. The van der Waals surface area contributed by atoms with Crippen LogP contribution in [0.2, 0.25) is 0 Å². The van der Waals surface area contributed by atoms with Crippen molar-refractivity contribution in [2.75, 3.05) is 0 Å². The fourth-order valence-electron chi connectivity index (χ4n) is 1.45. The van der Waals surface area contributed by atoms with Crippen molar-refractivity contribution in [3.05, 3.63) is 35.9 Å². The van der Waals surface area contributed by atoms with Gasteiger partial charge in [-0.25, -0.2) is 0 Å². The summed E-state index contributed by atoms with van der Waals surface area (Å²) in [5.41, 5.74) is 1.08. The highest BCUT2D eigenvalue weighted by molar-refractivity contribution is 5.75. The van der Waals surface area contributed by atoms with E-state index in [2.05, 4.69) is 11.8 Å². The molecule has 0 bridgehead atoms. The second-order valence-electron chi connectivity index (χ2n) is 3.93. The monoisotopic (exact) mass is 214 g/mol. The van der Waals surface area contributed by atoms with E-state index in [1.165, 1.54) is 0 Å². The predicted molar refractivity (Wildman–Crippen MR) is 67.1 cm³/mol. The first-order valence-corrected chi connectivity index (χ1v) is 5.82. The van der Waals surface area contributed by atoms with Crippen LogP contribution in [0.1, 0.15) is 44.6 Å². The number of hydrogen-bond donors (Lipinski definition) is 0. The van der Waals surface area contributed by atoms with Crippen LogP contribution in [0.3, 0.4) is 0 Å². The molecule has 0 N–H and O–H groups in total. The van der Waals surface area contributed by atoms with E-state index in [0.29, 0.717) is 6.42 Å². The summed E-state index contributed by atoms with van der Waals surface area (Å²) >= 11 is 0. The van der Waals surface area contributed by atoms with E-state index in [1.54, 1.807) is 6.92 Å². The van der Waals surface area contributed by atoms with Crippen LogP contribution in [0.15, 0.2) is 30.3 Å². The highest BCUT2D eigenvalue weighted by Crippen LogP contribution is 2.03. The minimum absolute atomic E-state index is 0.287. The van der Waals surface area contributed by atoms with Crippen LogP contribution >= 0.6 is 0 Å². The molecule has 1 rings (SSSR count).